The minimum Gasteiger partial charge on any atom is -0.384 e. The number of aromatic nitrogens is 1. The molecule has 14 heteroatoms. The molecule has 0 amide bonds. The predicted molar refractivity (Wildman–Crippen MR) is 122 cm³/mol. The largest absolute Gasteiger partial charge is 0.384 e. The van der Waals surface area contributed by atoms with E-state index in [4.69, 9.17) is 10.9 Å². The Hall–Kier alpha value is -2.69. The number of primary sulfonamides is 1. The first-order valence-corrected chi connectivity index (χ1v) is 13.1. The van der Waals surface area contributed by atoms with Gasteiger partial charge in [0, 0.05) is 30.2 Å². The number of nitrogens with one attached hydrogen (secondary N) is 5. The van der Waals surface area contributed by atoms with Crippen LogP contribution in [0, 0.1) is 0 Å². The number of sulfonamides is 1. The third-order valence-corrected chi connectivity index (χ3v) is 9.10. The van der Waals surface area contributed by atoms with Crippen LogP contribution in [-0.2, 0) is 19.9 Å². The molecule has 3 aromatic rings. The van der Waals surface area contributed by atoms with Crippen molar-refractivity contribution < 1.29 is 16.8 Å². The molecule has 5 rings (SSSR count). The normalized spacial score (nSPS) is 18.0. The average Bonchev–Trinajstić information content (AvgIpc) is 3.24. The summed E-state index contributed by atoms with van der Waals surface area (Å²) < 4.78 is 52.3. The molecule has 2 aliphatic heterocycles. The SMILES string of the molecule is Nc1cc2cccc(-c3ccc(S(=O)(=O)C4CNC4)c(S(N)(=O)=O)c3C3NNNN3)c2cn1. The van der Waals surface area contributed by atoms with Gasteiger partial charge in [-0.1, -0.05) is 24.3 Å². The minimum atomic E-state index is -4.46. The van der Waals surface area contributed by atoms with Crippen LogP contribution in [0.15, 0.2) is 52.4 Å². The molecule has 0 unspecified atom stereocenters. The number of nitrogens with two attached hydrogens (primary N) is 2. The molecule has 1 aromatic heterocycles. The highest BCUT2D eigenvalue weighted by Crippen LogP contribution is 2.40. The molecule has 2 saturated heterocycles. The van der Waals surface area contributed by atoms with Crippen molar-refractivity contribution in [1.29, 1.82) is 0 Å². The van der Waals surface area contributed by atoms with Crippen molar-refractivity contribution >= 4 is 36.5 Å². The molecule has 0 atom stereocenters. The van der Waals surface area contributed by atoms with Gasteiger partial charge in [0.25, 0.3) is 0 Å². The number of anilines is 1. The van der Waals surface area contributed by atoms with Crippen LogP contribution >= 0.6 is 0 Å². The van der Waals surface area contributed by atoms with Crippen molar-refractivity contribution in [3.05, 3.63) is 48.2 Å². The number of hydrogen-bond donors (Lipinski definition) is 7. The Kier molecular flexibility index (Phi) is 5.34. The number of benzene rings is 2. The molecule has 2 aromatic carbocycles. The van der Waals surface area contributed by atoms with E-state index >= 15 is 0 Å². The lowest BCUT2D eigenvalue weighted by Crippen LogP contribution is -2.51. The number of nitrogen functional groups attached to an aromatic ring is 1. The van der Waals surface area contributed by atoms with Crippen molar-refractivity contribution in [2.45, 2.75) is 21.2 Å². The van der Waals surface area contributed by atoms with Gasteiger partial charge in [-0.05, 0) is 28.6 Å². The number of pyridine rings is 1. The fourth-order valence-electron chi connectivity index (χ4n) is 4.10. The first-order valence-electron chi connectivity index (χ1n) is 9.98. The average molecular weight is 491 g/mol. The van der Waals surface area contributed by atoms with Crippen molar-refractivity contribution in [2.24, 2.45) is 5.14 Å². The maximum atomic E-state index is 13.3. The molecule has 0 spiro atoms. The van der Waals surface area contributed by atoms with Gasteiger partial charge in [-0.3, -0.25) is 0 Å². The summed E-state index contributed by atoms with van der Waals surface area (Å²) >= 11 is 0. The zero-order valence-electron chi connectivity index (χ0n) is 17.2. The van der Waals surface area contributed by atoms with Crippen LogP contribution in [0.3, 0.4) is 0 Å². The fourth-order valence-corrected chi connectivity index (χ4v) is 7.34. The number of nitrogens with zero attached hydrogens (tertiary/aromatic N) is 1. The van der Waals surface area contributed by atoms with Crippen molar-refractivity contribution in [3.63, 3.8) is 0 Å². The second-order valence-electron chi connectivity index (χ2n) is 7.83. The standard InChI is InChI=1S/C19H22N8O4S2/c20-16-6-10-2-1-3-12(14(10)9-23-16)13-4-5-15(32(28,29)11-7-22-8-11)18(33(21,30)31)17(13)19-24-26-27-25-19/h1-6,9,11,19,22,24-27H,7-8H2,(H2,20,23)(H2,21,30,31). The quantitative estimate of drug-likeness (QED) is 0.232. The van der Waals surface area contributed by atoms with E-state index in [1.54, 1.807) is 30.5 Å². The second-order valence-corrected chi connectivity index (χ2v) is 11.5. The number of hydrogen-bond acceptors (Lipinski definition) is 11. The van der Waals surface area contributed by atoms with Crippen LogP contribution in [-0.4, -0.2) is 40.2 Å². The summed E-state index contributed by atoms with van der Waals surface area (Å²) in [6, 6.07) is 10.1. The van der Waals surface area contributed by atoms with Crippen LogP contribution in [0.2, 0.25) is 0 Å². The second kappa shape index (κ2) is 7.96. The van der Waals surface area contributed by atoms with E-state index in [0.717, 1.165) is 5.39 Å². The lowest BCUT2D eigenvalue weighted by molar-refractivity contribution is 0.491. The third-order valence-electron chi connectivity index (χ3n) is 5.79. The highest BCUT2D eigenvalue weighted by molar-refractivity contribution is 7.94. The van der Waals surface area contributed by atoms with Crippen LogP contribution in [0.1, 0.15) is 11.7 Å². The van der Waals surface area contributed by atoms with Crippen LogP contribution in [0.4, 0.5) is 5.82 Å². The van der Waals surface area contributed by atoms with Gasteiger partial charge in [0.15, 0.2) is 9.84 Å². The Morgan fingerprint density at radius 1 is 0.970 bits per heavy atom. The summed E-state index contributed by atoms with van der Waals surface area (Å²) in [6.45, 7) is 0.478. The van der Waals surface area contributed by atoms with Crippen molar-refractivity contribution in [2.75, 3.05) is 18.8 Å². The summed E-state index contributed by atoms with van der Waals surface area (Å²) in [6.07, 6.45) is 0.775. The maximum absolute atomic E-state index is 13.3. The zero-order valence-corrected chi connectivity index (χ0v) is 18.8. The molecule has 12 nitrogen and oxygen atoms in total. The molecule has 2 fully saturated rings. The molecule has 3 heterocycles. The highest BCUT2D eigenvalue weighted by atomic mass is 32.2. The molecule has 0 radical (unpaired) electrons. The summed E-state index contributed by atoms with van der Waals surface area (Å²) in [5.74, 6) is 0.341. The molecule has 0 saturated carbocycles. The lowest BCUT2D eigenvalue weighted by Gasteiger charge is -2.29. The summed E-state index contributed by atoms with van der Waals surface area (Å²) in [7, 11) is -8.43. The molecule has 2 aliphatic rings. The summed E-state index contributed by atoms with van der Waals surface area (Å²) in [4.78, 5) is 3.39. The zero-order chi connectivity index (χ0) is 23.4. The van der Waals surface area contributed by atoms with E-state index in [9.17, 15) is 16.8 Å². The topological polar surface area (TPSA) is 193 Å². The number of hydrazine groups is 3. The Bertz CT molecular complexity index is 1470. The van der Waals surface area contributed by atoms with Crippen molar-refractivity contribution in [1.82, 2.24) is 32.2 Å². The highest BCUT2D eigenvalue weighted by Gasteiger charge is 2.39. The number of sulfone groups is 1. The Labute approximate surface area is 190 Å². The van der Waals surface area contributed by atoms with E-state index in [1.807, 2.05) is 6.07 Å². The molecule has 0 bridgehead atoms. The van der Waals surface area contributed by atoms with Gasteiger partial charge in [0.1, 0.15) is 16.9 Å². The van der Waals surface area contributed by atoms with Gasteiger partial charge in [-0.15, -0.1) is 0 Å². The molecule has 33 heavy (non-hydrogen) atoms. The van der Waals surface area contributed by atoms with E-state index in [0.29, 0.717) is 22.3 Å². The van der Waals surface area contributed by atoms with E-state index in [1.165, 1.54) is 6.07 Å². The molecular formula is C19H22N8O4S2. The van der Waals surface area contributed by atoms with Gasteiger partial charge >= 0.3 is 0 Å². The molecule has 174 valence electrons. The number of rotatable bonds is 5. The van der Waals surface area contributed by atoms with Gasteiger partial charge in [-0.25, -0.2) is 37.8 Å². The van der Waals surface area contributed by atoms with Gasteiger partial charge < -0.3 is 11.1 Å². The lowest BCUT2D eigenvalue weighted by atomic mass is 9.94. The first kappa shape index (κ1) is 22.1. The van der Waals surface area contributed by atoms with Crippen LogP contribution < -0.4 is 38.1 Å². The smallest absolute Gasteiger partial charge is 0.239 e. The third kappa shape index (κ3) is 3.75. The van der Waals surface area contributed by atoms with Crippen LogP contribution in [0.25, 0.3) is 21.9 Å². The first-order chi connectivity index (χ1) is 15.7. The van der Waals surface area contributed by atoms with Crippen LogP contribution in [0.5, 0.6) is 0 Å². The Morgan fingerprint density at radius 3 is 2.33 bits per heavy atom. The monoisotopic (exact) mass is 490 g/mol. The van der Waals surface area contributed by atoms with E-state index in [2.05, 4.69) is 32.2 Å². The van der Waals surface area contributed by atoms with E-state index < -0.39 is 36.2 Å². The predicted octanol–water partition coefficient (Wildman–Crippen LogP) is -1.01. The number of fused-ring (bicyclic) bond motifs is 1. The van der Waals surface area contributed by atoms with Gasteiger partial charge in [-0.2, -0.15) is 11.1 Å². The van der Waals surface area contributed by atoms with Crippen molar-refractivity contribution in [3.8, 4) is 11.1 Å². The summed E-state index contributed by atoms with van der Waals surface area (Å²) in [5.41, 5.74) is 18.1. The minimum absolute atomic E-state index is 0.160. The maximum Gasteiger partial charge on any atom is 0.239 e. The van der Waals surface area contributed by atoms with Gasteiger partial charge in [0.2, 0.25) is 10.0 Å². The van der Waals surface area contributed by atoms with E-state index in [-0.39, 0.29) is 23.5 Å². The Balaban J connectivity index is 1.86. The van der Waals surface area contributed by atoms with Gasteiger partial charge in [0.05, 0.1) is 10.1 Å². The fraction of sp³-hybridized carbons (Fsp3) is 0.211. The summed E-state index contributed by atoms with van der Waals surface area (Å²) in [5, 5.41) is 9.31. The Morgan fingerprint density at radius 2 is 1.70 bits per heavy atom. The molecule has 0 aliphatic carbocycles. The molecular weight excluding hydrogens is 468 g/mol. The molecule has 9 N–H and O–H groups in total.